The van der Waals surface area contributed by atoms with E-state index in [4.69, 9.17) is 9.47 Å². The van der Waals surface area contributed by atoms with E-state index in [1.807, 2.05) is 37.3 Å². The van der Waals surface area contributed by atoms with Gasteiger partial charge in [-0.15, -0.1) is 0 Å². The first kappa shape index (κ1) is 15.9. The summed E-state index contributed by atoms with van der Waals surface area (Å²) in [7, 11) is 3.16. The monoisotopic (exact) mass is 299 g/mol. The van der Waals surface area contributed by atoms with Crippen molar-refractivity contribution in [2.45, 2.75) is 19.3 Å². The van der Waals surface area contributed by atoms with Gasteiger partial charge in [0.05, 0.1) is 14.2 Å². The molecule has 0 fully saturated rings. The summed E-state index contributed by atoms with van der Waals surface area (Å²) in [6, 6.07) is 15.3. The summed E-state index contributed by atoms with van der Waals surface area (Å²) in [4.78, 5) is 12.2. The Morgan fingerprint density at radius 3 is 2.18 bits per heavy atom. The zero-order chi connectivity index (χ0) is 15.9. The van der Waals surface area contributed by atoms with Gasteiger partial charge in [0, 0.05) is 30.3 Å². The Hall–Kier alpha value is -2.49. The van der Waals surface area contributed by atoms with Crippen LogP contribution in [-0.2, 0) is 4.79 Å². The molecule has 116 valence electrons. The lowest BCUT2D eigenvalue weighted by Gasteiger charge is -2.13. The van der Waals surface area contributed by atoms with Gasteiger partial charge in [0.2, 0.25) is 5.91 Å². The maximum Gasteiger partial charge on any atom is 0.224 e. The molecule has 0 aliphatic heterocycles. The minimum absolute atomic E-state index is 0.0355. The number of amides is 1. The van der Waals surface area contributed by atoms with Crippen molar-refractivity contribution in [2.75, 3.05) is 19.5 Å². The fourth-order valence-corrected chi connectivity index (χ4v) is 2.27. The summed E-state index contributed by atoms with van der Waals surface area (Å²) in [5.74, 6) is 1.41. The van der Waals surface area contributed by atoms with E-state index in [2.05, 4.69) is 5.32 Å². The molecule has 2 aromatic rings. The summed E-state index contributed by atoms with van der Waals surface area (Å²) in [6.45, 7) is 2.04. The first-order valence-electron chi connectivity index (χ1n) is 7.20. The highest BCUT2D eigenvalue weighted by atomic mass is 16.5. The normalized spacial score (nSPS) is 11.6. The zero-order valence-electron chi connectivity index (χ0n) is 13.1. The van der Waals surface area contributed by atoms with Gasteiger partial charge in [-0.3, -0.25) is 4.79 Å². The second-order valence-corrected chi connectivity index (χ2v) is 5.17. The second kappa shape index (κ2) is 7.50. The molecule has 22 heavy (non-hydrogen) atoms. The Morgan fingerprint density at radius 1 is 1.05 bits per heavy atom. The molecule has 0 spiro atoms. The molecule has 0 unspecified atom stereocenters. The zero-order valence-corrected chi connectivity index (χ0v) is 13.1. The Morgan fingerprint density at radius 2 is 1.64 bits per heavy atom. The molecule has 0 aromatic heterocycles. The standard InChI is InChI=1S/C18H21NO3/c1-13(14-7-5-4-6-8-14)9-18(20)19-15-10-16(21-2)12-17(11-15)22-3/h4-8,10-13H,9H2,1-3H3,(H,19,20)/t13-/m1/s1. The van der Waals surface area contributed by atoms with Crippen molar-refractivity contribution in [1.29, 1.82) is 0 Å². The lowest BCUT2D eigenvalue weighted by atomic mass is 9.97. The van der Waals surface area contributed by atoms with E-state index < -0.39 is 0 Å². The van der Waals surface area contributed by atoms with Crippen molar-refractivity contribution in [1.82, 2.24) is 0 Å². The third kappa shape index (κ3) is 4.25. The highest BCUT2D eigenvalue weighted by molar-refractivity contribution is 5.91. The fraction of sp³-hybridized carbons (Fsp3) is 0.278. The van der Waals surface area contributed by atoms with E-state index in [0.29, 0.717) is 23.6 Å². The predicted molar refractivity (Wildman–Crippen MR) is 87.6 cm³/mol. The summed E-state index contributed by atoms with van der Waals surface area (Å²) in [5.41, 5.74) is 1.82. The molecule has 0 radical (unpaired) electrons. The first-order chi connectivity index (χ1) is 10.6. The van der Waals surface area contributed by atoms with E-state index in [1.54, 1.807) is 32.4 Å². The van der Waals surface area contributed by atoms with E-state index in [9.17, 15) is 4.79 Å². The minimum Gasteiger partial charge on any atom is -0.497 e. The number of hydrogen-bond donors (Lipinski definition) is 1. The molecule has 4 heteroatoms. The molecular weight excluding hydrogens is 278 g/mol. The van der Waals surface area contributed by atoms with Crippen LogP contribution in [0.25, 0.3) is 0 Å². The average Bonchev–Trinajstić information content (AvgIpc) is 2.55. The smallest absolute Gasteiger partial charge is 0.224 e. The molecule has 1 N–H and O–H groups in total. The van der Waals surface area contributed by atoms with Crippen LogP contribution in [0.2, 0.25) is 0 Å². The third-order valence-corrected chi connectivity index (χ3v) is 3.50. The largest absolute Gasteiger partial charge is 0.497 e. The van der Waals surface area contributed by atoms with Gasteiger partial charge in [-0.2, -0.15) is 0 Å². The van der Waals surface area contributed by atoms with Crippen molar-refractivity contribution in [3.63, 3.8) is 0 Å². The van der Waals surface area contributed by atoms with Crippen LogP contribution in [0.1, 0.15) is 24.8 Å². The number of carbonyl (C=O) groups excluding carboxylic acids is 1. The number of nitrogens with one attached hydrogen (secondary N) is 1. The van der Waals surface area contributed by atoms with Crippen LogP contribution in [0, 0.1) is 0 Å². The van der Waals surface area contributed by atoms with Crippen molar-refractivity contribution < 1.29 is 14.3 Å². The van der Waals surface area contributed by atoms with Crippen LogP contribution in [0.4, 0.5) is 5.69 Å². The van der Waals surface area contributed by atoms with Gasteiger partial charge in [0.25, 0.3) is 0 Å². The Kier molecular flexibility index (Phi) is 5.42. The highest BCUT2D eigenvalue weighted by Crippen LogP contribution is 2.26. The van der Waals surface area contributed by atoms with Gasteiger partial charge in [-0.1, -0.05) is 37.3 Å². The number of methoxy groups -OCH3 is 2. The van der Waals surface area contributed by atoms with Gasteiger partial charge in [-0.05, 0) is 11.5 Å². The van der Waals surface area contributed by atoms with Gasteiger partial charge < -0.3 is 14.8 Å². The van der Waals surface area contributed by atoms with Crippen LogP contribution in [-0.4, -0.2) is 20.1 Å². The molecule has 1 amide bonds. The predicted octanol–water partition coefficient (Wildman–Crippen LogP) is 3.84. The topological polar surface area (TPSA) is 47.6 Å². The van der Waals surface area contributed by atoms with Crippen LogP contribution in [0.5, 0.6) is 11.5 Å². The molecule has 2 aromatic carbocycles. The number of rotatable bonds is 6. The molecule has 0 saturated heterocycles. The Labute approximate surface area is 131 Å². The van der Waals surface area contributed by atoms with Gasteiger partial charge in [0.15, 0.2) is 0 Å². The number of hydrogen-bond acceptors (Lipinski definition) is 3. The summed E-state index contributed by atoms with van der Waals surface area (Å²) < 4.78 is 10.4. The molecule has 4 nitrogen and oxygen atoms in total. The Bertz CT molecular complexity index is 603. The number of ether oxygens (including phenoxy) is 2. The summed E-state index contributed by atoms with van der Waals surface area (Å²) in [6.07, 6.45) is 0.420. The van der Waals surface area contributed by atoms with Crippen LogP contribution in [0.3, 0.4) is 0 Å². The number of benzene rings is 2. The quantitative estimate of drug-likeness (QED) is 0.881. The number of carbonyl (C=O) groups is 1. The van der Waals surface area contributed by atoms with E-state index in [-0.39, 0.29) is 11.8 Å². The maximum absolute atomic E-state index is 12.2. The summed E-state index contributed by atoms with van der Waals surface area (Å²) in [5, 5.41) is 2.89. The molecule has 1 atom stereocenters. The van der Waals surface area contributed by atoms with E-state index >= 15 is 0 Å². The van der Waals surface area contributed by atoms with E-state index in [1.165, 1.54) is 0 Å². The fourth-order valence-electron chi connectivity index (χ4n) is 2.27. The van der Waals surface area contributed by atoms with Gasteiger partial charge >= 0.3 is 0 Å². The first-order valence-corrected chi connectivity index (χ1v) is 7.20. The van der Waals surface area contributed by atoms with Crippen LogP contribution < -0.4 is 14.8 Å². The van der Waals surface area contributed by atoms with Gasteiger partial charge in [0.1, 0.15) is 11.5 Å². The molecule has 0 bridgehead atoms. The lowest BCUT2D eigenvalue weighted by Crippen LogP contribution is -2.14. The van der Waals surface area contributed by atoms with Crippen molar-refractivity contribution in [3.8, 4) is 11.5 Å². The van der Waals surface area contributed by atoms with Crippen LogP contribution in [0.15, 0.2) is 48.5 Å². The minimum atomic E-state index is -0.0355. The Balaban J connectivity index is 2.03. The van der Waals surface area contributed by atoms with Crippen molar-refractivity contribution in [3.05, 3.63) is 54.1 Å². The second-order valence-electron chi connectivity index (χ2n) is 5.17. The number of anilines is 1. The molecule has 0 saturated carbocycles. The highest BCUT2D eigenvalue weighted by Gasteiger charge is 2.12. The molecule has 0 aliphatic rings. The van der Waals surface area contributed by atoms with Gasteiger partial charge in [-0.25, -0.2) is 0 Å². The molecule has 0 heterocycles. The third-order valence-electron chi connectivity index (χ3n) is 3.50. The van der Waals surface area contributed by atoms with E-state index in [0.717, 1.165) is 5.56 Å². The average molecular weight is 299 g/mol. The SMILES string of the molecule is COc1cc(NC(=O)C[C@@H](C)c2ccccc2)cc(OC)c1. The molecule has 0 aliphatic carbocycles. The lowest BCUT2D eigenvalue weighted by molar-refractivity contribution is -0.116. The summed E-state index contributed by atoms with van der Waals surface area (Å²) >= 11 is 0. The molecular formula is C18H21NO3. The van der Waals surface area contributed by atoms with Crippen molar-refractivity contribution >= 4 is 11.6 Å². The van der Waals surface area contributed by atoms with Crippen molar-refractivity contribution in [2.24, 2.45) is 0 Å². The molecule has 2 rings (SSSR count). The van der Waals surface area contributed by atoms with Crippen LogP contribution >= 0.6 is 0 Å². The maximum atomic E-state index is 12.2.